The van der Waals surface area contributed by atoms with Crippen LogP contribution in [0.1, 0.15) is 12.5 Å². The van der Waals surface area contributed by atoms with E-state index in [0.717, 1.165) is 17.3 Å². The molecule has 0 bridgehead atoms. The molecular formula is C20H19N3O5S. The van der Waals surface area contributed by atoms with E-state index in [1.165, 1.54) is 6.92 Å². The number of urea groups is 1. The van der Waals surface area contributed by atoms with Crippen LogP contribution in [0.2, 0.25) is 0 Å². The van der Waals surface area contributed by atoms with Crippen molar-refractivity contribution >= 4 is 40.8 Å². The maximum atomic E-state index is 12.0. The Hall–Kier alpha value is -3.33. The third-order valence-electron chi connectivity index (χ3n) is 3.80. The second-order valence-corrected chi connectivity index (χ2v) is 6.95. The SMILES string of the molecule is C[C@H](OC(=O)CSc1nc2ccccc2o1)C(=O)NC(=O)NCc1ccccc1. The molecular weight excluding hydrogens is 394 g/mol. The number of imide groups is 1. The van der Waals surface area contributed by atoms with Gasteiger partial charge in [0, 0.05) is 6.54 Å². The predicted molar refractivity (Wildman–Crippen MR) is 107 cm³/mol. The van der Waals surface area contributed by atoms with E-state index in [2.05, 4.69) is 15.6 Å². The first-order chi connectivity index (χ1) is 14.0. The highest BCUT2D eigenvalue weighted by molar-refractivity contribution is 7.99. The van der Waals surface area contributed by atoms with Gasteiger partial charge in [-0.2, -0.15) is 0 Å². The normalized spacial score (nSPS) is 11.6. The molecule has 3 rings (SSSR count). The van der Waals surface area contributed by atoms with Gasteiger partial charge in [0.1, 0.15) is 11.3 Å². The first-order valence-corrected chi connectivity index (χ1v) is 9.80. The van der Waals surface area contributed by atoms with Gasteiger partial charge < -0.3 is 14.5 Å². The molecule has 0 aliphatic carbocycles. The number of ether oxygens (including phenoxy) is 1. The molecule has 8 nitrogen and oxygen atoms in total. The van der Waals surface area contributed by atoms with Crippen molar-refractivity contribution < 1.29 is 23.5 Å². The molecule has 2 aromatic carbocycles. The first kappa shape index (κ1) is 20.4. The van der Waals surface area contributed by atoms with Crippen molar-refractivity contribution in [2.45, 2.75) is 24.8 Å². The summed E-state index contributed by atoms with van der Waals surface area (Å²) in [4.78, 5) is 40.0. The number of fused-ring (bicyclic) bond motifs is 1. The van der Waals surface area contributed by atoms with Crippen molar-refractivity contribution in [3.05, 3.63) is 60.2 Å². The summed E-state index contributed by atoms with van der Waals surface area (Å²) < 4.78 is 10.5. The number of aromatic nitrogens is 1. The number of benzene rings is 2. The lowest BCUT2D eigenvalue weighted by atomic mass is 10.2. The molecule has 0 unspecified atom stereocenters. The van der Waals surface area contributed by atoms with Crippen LogP contribution in [-0.2, 0) is 20.9 Å². The highest BCUT2D eigenvalue weighted by Crippen LogP contribution is 2.23. The Morgan fingerprint density at radius 2 is 1.83 bits per heavy atom. The number of hydrogen-bond donors (Lipinski definition) is 2. The van der Waals surface area contributed by atoms with E-state index in [1.807, 2.05) is 42.5 Å². The third-order valence-corrected chi connectivity index (χ3v) is 4.60. The largest absolute Gasteiger partial charge is 0.452 e. The summed E-state index contributed by atoms with van der Waals surface area (Å²) in [6, 6.07) is 15.8. The lowest BCUT2D eigenvalue weighted by Crippen LogP contribution is -2.44. The molecule has 3 aromatic rings. The number of hydrogen-bond acceptors (Lipinski definition) is 7. The molecule has 0 saturated carbocycles. The second kappa shape index (κ2) is 9.74. The van der Waals surface area contributed by atoms with E-state index in [1.54, 1.807) is 12.1 Å². The number of rotatable bonds is 7. The third kappa shape index (κ3) is 6.08. The van der Waals surface area contributed by atoms with Crippen molar-refractivity contribution in [1.29, 1.82) is 0 Å². The number of oxazole rings is 1. The quantitative estimate of drug-likeness (QED) is 0.453. The van der Waals surface area contributed by atoms with E-state index in [-0.39, 0.29) is 12.3 Å². The standard InChI is InChI=1S/C20H19N3O5S/c1-13(18(25)23-19(26)21-11-14-7-3-2-4-8-14)27-17(24)12-29-20-22-15-9-5-6-10-16(15)28-20/h2-10,13H,11-12H2,1H3,(H2,21,23,25,26)/t13-/m0/s1. The van der Waals surface area contributed by atoms with Gasteiger partial charge in [0.25, 0.3) is 11.1 Å². The van der Waals surface area contributed by atoms with Crippen LogP contribution < -0.4 is 10.6 Å². The van der Waals surface area contributed by atoms with Crippen LogP contribution in [0.25, 0.3) is 11.1 Å². The molecule has 0 saturated heterocycles. The Labute approximate surface area is 171 Å². The van der Waals surface area contributed by atoms with Crippen molar-refractivity contribution in [3.8, 4) is 0 Å². The summed E-state index contributed by atoms with van der Waals surface area (Å²) in [6.07, 6.45) is -1.12. The lowest BCUT2D eigenvalue weighted by Gasteiger charge is -2.13. The molecule has 1 aromatic heterocycles. The van der Waals surface area contributed by atoms with E-state index in [0.29, 0.717) is 16.3 Å². The number of amides is 3. The van der Waals surface area contributed by atoms with Gasteiger partial charge in [-0.25, -0.2) is 9.78 Å². The summed E-state index contributed by atoms with van der Waals surface area (Å²) >= 11 is 1.06. The van der Waals surface area contributed by atoms with Crippen LogP contribution in [0.3, 0.4) is 0 Å². The molecule has 0 spiro atoms. The fraction of sp³-hybridized carbons (Fsp3) is 0.200. The summed E-state index contributed by atoms with van der Waals surface area (Å²) in [7, 11) is 0. The van der Waals surface area contributed by atoms with Crippen molar-refractivity contribution in [3.63, 3.8) is 0 Å². The number of thioether (sulfide) groups is 1. The highest BCUT2D eigenvalue weighted by Gasteiger charge is 2.20. The minimum absolute atomic E-state index is 0.0787. The molecule has 3 amide bonds. The maximum absolute atomic E-state index is 12.0. The highest BCUT2D eigenvalue weighted by atomic mass is 32.2. The van der Waals surface area contributed by atoms with Gasteiger partial charge in [-0.1, -0.05) is 54.2 Å². The van der Waals surface area contributed by atoms with Gasteiger partial charge in [-0.15, -0.1) is 0 Å². The number of carbonyl (C=O) groups excluding carboxylic acids is 3. The van der Waals surface area contributed by atoms with E-state index < -0.39 is 24.0 Å². The van der Waals surface area contributed by atoms with Gasteiger partial charge in [0.15, 0.2) is 11.7 Å². The average Bonchev–Trinajstić information content (AvgIpc) is 3.14. The van der Waals surface area contributed by atoms with Crippen molar-refractivity contribution in [1.82, 2.24) is 15.6 Å². The van der Waals surface area contributed by atoms with Crippen LogP contribution in [0.5, 0.6) is 0 Å². The predicted octanol–water partition coefficient (Wildman–Crippen LogP) is 2.88. The number of para-hydroxylation sites is 2. The summed E-state index contributed by atoms with van der Waals surface area (Å²) in [5, 5.41) is 5.04. The minimum atomic E-state index is -1.12. The summed E-state index contributed by atoms with van der Waals surface area (Å²) in [6.45, 7) is 1.66. The Morgan fingerprint density at radius 1 is 1.10 bits per heavy atom. The molecule has 9 heteroatoms. The van der Waals surface area contributed by atoms with Crippen LogP contribution >= 0.6 is 11.8 Å². The van der Waals surface area contributed by atoms with Crippen molar-refractivity contribution in [2.75, 3.05) is 5.75 Å². The molecule has 0 radical (unpaired) electrons. The molecule has 0 aliphatic rings. The zero-order chi connectivity index (χ0) is 20.6. The van der Waals surface area contributed by atoms with E-state index in [9.17, 15) is 14.4 Å². The van der Waals surface area contributed by atoms with Gasteiger partial charge in [0.2, 0.25) is 0 Å². The first-order valence-electron chi connectivity index (χ1n) is 8.82. The molecule has 29 heavy (non-hydrogen) atoms. The summed E-state index contributed by atoms with van der Waals surface area (Å²) in [5.41, 5.74) is 2.21. The van der Waals surface area contributed by atoms with E-state index >= 15 is 0 Å². The Kier molecular flexibility index (Phi) is 6.85. The van der Waals surface area contributed by atoms with Crippen molar-refractivity contribution in [2.24, 2.45) is 0 Å². The minimum Gasteiger partial charge on any atom is -0.452 e. The fourth-order valence-electron chi connectivity index (χ4n) is 2.35. The zero-order valence-electron chi connectivity index (χ0n) is 15.6. The topological polar surface area (TPSA) is 111 Å². The average molecular weight is 413 g/mol. The number of nitrogens with one attached hydrogen (secondary N) is 2. The molecule has 1 atom stereocenters. The van der Waals surface area contributed by atoms with Gasteiger partial charge in [-0.05, 0) is 24.6 Å². The maximum Gasteiger partial charge on any atom is 0.321 e. The smallest absolute Gasteiger partial charge is 0.321 e. The van der Waals surface area contributed by atoms with E-state index in [4.69, 9.17) is 9.15 Å². The van der Waals surface area contributed by atoms with Gasteiger partial charge >= 0.3 is 12.0 Å². The molecule has 150 valence electrons. The van der Waals surface area contributed by atoms with Crippen LogP contribution in [0, 0.1) is 0 Å². The molecule has 0 fully saturated rings. The zero-order valence-corrected chi connectivity index (χ0v) is 16.4. The second-order valence-electron chi connectivity index (χ2n) is 6.03. The molecule has 1 heterocycles. The van der Waals surface area contributed by atoms with Gasteiger partial charge in [0.05, 0.1) is 0 Å². The Bertz CT molecular complexity index is 973. The molecule has 0 aliphatic heterocycles. The fourth-order valence-corrected chi connectivity index (χ4v) is 2.98. The summed E-state index contributed by atoms with van der Waals surface area (Å²) in [5.74, 6) is -1.41. The van der Waals surface area contributed by atoms with Crippen LogP contribution in [-0.4, -0.2) is 34.7 Å². The number of carbonyl (C=O) groups is 3. The van der Waals surface area contributed by atoms with Crippen LogP contribution in [0.4, 0.5) is 4.79 Å². The van der Waals surface area contributed by atoms with Gasteiger partial charge in [-0.3, -0.25) is 14.9 Å². The number of nitrogens with zero attached hydrogens (tertiary/aromatic N) is 1. The number of esters is 1. The Balaban J connectivity index is 1.40. The monoisotopic (exact) mass is 413 g/mol. The van der Waals surface area contributed by atoms with Crippen LogP contribution in [0.15, 0.2) is 64.2 Å². The molecule has 2 N–H and O–H groups in total. The lowest BCUT2D eigenvalue weighted by molar-refractivity contribution is -0.151. The Morgan fingerprint density at radius 3 is 2.59 bits per heavy atom.